The zero-order valence-electron chi connectivity index (χ0n) is 7.96. The first-order valence-corrected chi connectivity index (χ1v) is 4.80. The standard InChI is InChI=1S/C11H16N2/c1-8-3-2-4-9(5-8)10-6-13-7-11(10)12/h2-5,10-11,13H,6-7,12H2,1H3/t10-,11+/m0/s1. The van der Waals surface area contributed by atoms with Crippen LogP contribution in [0.25, 0.3) is 0 Å². The van der Waals surface area contributed by atoms with Crippen LogP contribution in [0.4, 0.5) is 0 Å². The highest BCUT2D eigenvalue weighted by atomic mass is 15.0. The van der Waals surface area contributed by atoms with Crippen molar-refractivity contribution < 1.29 is 0 Å². The molecule has 1 fully saturated rings. The van der Waals surface area contributed by atoms with E-state index in [1.54, 1.807) is 0 Å². The SMILES string of the molecule is Cc1cccc([C@@H]2CNC[C@H]2N)c1. The summed E-state index contributed by atoms with van der Waals surface area (Å²) in [5.74, 6) is 0.500. The minimum atomic E-state index is 0.279. The van der Waals surface area contributed by atoms with Crippen molar-refractivity contribution in [1.29, 1.82) is 0 Å². The third-order valence-corrected chi connectivity index (χ3v) is 2.73. The Bertz CT molecular complexity index is 296. The maximum atomic E-state index is 6.00. The van der Waals surface area contributed by atoms with Crippen LogP contribution in [0.1, 0.15) is 17.0 Å². The first-order valence-electron chi connectivity index (χ1n) is 4.80. The van der Waals surface area contributed by atoms with Gasteiger partial charge in [-0.3, -0.25) is 0 Å². The van der Waals surface area contributed by atoms with E-state index in [0.717, 1.165) is 13.1 Å². The van der Waals surface area contributed by atoms with Gasteiger partial charge in [0.1, 0.15) is 0 Å². The summed E-state index contributed by atoms with van der Waals surface area (Å²) in [5, 5.41) is 3.32. The van der Waals surface area contributed by atoms with Gasteiger partial charge in [-0.15, -0.1) is 0 Å². The summed E-state index contributed by atoms with van der Waals surface area (Å²) in [5.41, 5.74) is 8.69. The molecule has 1 saturated heterocycles. The van der Waals surface area contributed by atoms with Gasteiger partial charge in [-0.05, 0) is 12.5 Å². The average molecular weight is 176 g/mol. The van der Waals surface area contributed by atoms with Crippen LogP contribution in [0.2, 0.25) is 0 Å². The minimum Gasteiger partial charge on any atom is -0.326 e. The van der Waals surface area contributed by atoms with Gasteiger partial charge in [-0.25, -0.2) is 0 Å². The van der Waals surface area contributed by atoms with Gasteiger partial charge in [0.15, 0.2) is 0 Å². The molecule has 1 aliphatic heterocycles. The van der Waals surface area contributed by atoms with Crippen molar-refractivity contribution in [2.75, 3.05) is 13.1 Å². The highest BCUT2D eigenvalue weighted by Gasteiger charge is 2.24. The van der Waals surface area contributed by atoms with Crippen molar-refractivity contribution >= 4 is 0 Å². The van der Waals surface area contributed by atoms with E-state index in [9.17, 15) is 0 Å². The van der Waals surface area contributed by atoms with E-state index in [0.29, 0.717) is 5.92 Å². The number of hydrogen-bond donors (Lipinski definition) is 2. The van der Waals surface area contributed by atoms with Gasteiger partial charge in [0.25, 0.3) is 0 Å². The second-order valence-corrected chi connectivity index (χ2v) is 3.84. The van der Waals surface area contributed by atoms with Gasteiger partial charge in [0.05, 0.1) is 0 Å². The highest BCUT2D eigenvalue weighted by molar-refractivity contribution is 5.28. The van der Waals surface area contributed by atoms with Gasteiger partial charge in [0, 0.05) is 25.0 Å². The number of nitrogens with one attached hydrogen (secondary N) is 1. The molecule has 0 bridgehead atoms. The highest BCUT2D eigenvalue weighted by Crippen LogP contribution is 2.21. The van der Waals surface area contributed by atoms with Crippen LogP contribution in [-0.4, -0.2) is 19.1 Å². The summed E-state index contributed by atoms with van der Waals surface area (Å²) in [4.78, 5) is 0. The number of aryl methyl sites for hydroxylation is 1. The number of hydrogen-bond acceptors (Lipinski definition) is 2. The molecule has 13 heavy (non-hydrogen) atoms. The Morgan fingerprint density at radius 2 is 2.23 bits per heavy atom. The Morgan fingerprint density at radius 3 is 2.85 bits per heavy atom. The Hall–Kier alpha value is -0.860. The van der Waals surface area contributed by atoms with E-state index in [4.69, 9.17) is 5.73 Å². The van der Waals surface area contributed by atoms with Crippen LogP contribution >= 0.6 is 0 Å². The predicted molar refractivity (Wildman–Crippen MR) is 54.8 cm³/mol. The molecule has 0 amide bonds. The maximum Gasteiger partial charge on any atom is 0.0247 e. The second-order valence-electron chi connectivity index (χ2n) is 3.84. The van der Waals surface area contributed by atoms with Crippen molar-refractivity contribution in [3.05, 3.63) is 35.4 Å². The van der Waals surface area contributed by atoms with Crippen molar-refractivity contribution in [2.45, 2.75) is 18.9 Å². The van der Waals surface area contributed by atoms with Gasteiger partial charge >= 0.3 is 0 Å². The summed E-state index contributed by atoms with van der Waals surface area (Å²) in [6.45, 7) is 4.08. The number of rotatable bonds is 1. The first-order chi connectivity index (χ1) is 6.27. The lowest BCUT2D eigenvalue weighted by Gasteiger charge is -2.14. The summed E-state index contributed by atoms with van der Waals surface area (Å²) in [6, 6.07) is 8.91. The summed E-state index contributed by atoms with van der Waals surface area (Å²) in [7, 11) is 0. The molecule has 3 N–H and O–H groups in total. The van der Waals surface area contributed by atoms with E-state index in [2.05, 4.69) is 36.5 Å². The van der Waals surface area contributed by atoms with Crippen LogP contribution in [0.3, 0.4) is 0 Å². The molecule has 2 rings (SSSR count). The molecule has 0 spiro atoms. The quantitative estimate of drug-likeness (QED) is 0.670. The smallest absolute Gasteiger partial charge is 0.0247 e. The largest absolute Gasteiger partial charge is 0.326 e. The van der Waals surface area contributed by atoms with Crippen molar-refractivity contribution in [1.82, 2.24) is 5.32 Å². The molecule has 1 aromatic rings. The molecule has 1 aromatic carbocycles. The fraction of sp³-hybridized carbons (Fsp3) is 0.455. The molecular formula is C11H16N2. The van der Waals surface area contributed by atoms with Gasteiger partial charge in [-0.2, -0.15) is 0 Å². The zero-order chi connectivity index (χ0) is 9.26. The maximum absolute atomic E-state index is 6.00. The predicted octanol–water partition coefficient (Wildman–Crippen LogP) is 1.01. The minimum absolute atomic E-state index is 0.279. The molecule has 0 aromatic heterocycles. The third-order valence-electron chi connectivity index (χ3n) is 2.73. The Morgan fingerprint density at radius 1 is 1.38 bits per heavy atom. The molecule has 2 heteroatoms. The number of benzene rings is 1. The lowest BCUT2D eigenvalue weighted by atomic mass is 9.94. The topological polar surface area (TPSA) is 38.0 Å². The van der Waals surface area contributed by atoms with E-state index in [1.165, 1.54) is 11.1 Å². The summed E-state index contributed by atoms with van der Waals surface area (Å²) < 4.78 is 0. The summed E-state index contributed by atoms with van der Waals surface area (Å²) in [6.07, 6.45) is 0. The lowest BCUT2D eigenvalue weighted by molar-refractivity contribution is 0.653. The fourth-order valence-electron chi connectivity index (χ4n) is 1.96. The number of nitrogens with two attached hydrogens (primary N) is 1. The van der Waals surface area contributed by atoms with Crippen molar-refractivity contribution in [3.8, 4) is 0 Å². The molecule has 2 nitrogen and oxygen atoms in total. The van der Waals surface area contributed by atoms with Crippen LogP contribution < -0.4 is 11.1 Å². The third kappa shape index (κ3) is 1.74. The molecule has 1 aliphatic rings. The lowest BCUT2D eigenvalue weighted by Crippen LogP contribution is -2.27. The van der Waals surface area contributed by atoms with Crippen molar-refractivity contribution in [2.24, 2.45) is 5.73 Å². The molecule has 2 atom stereocenters. The van der Waals surface area contributed by atoms with E-state index in [1.807, 2.05) is 0 Å². The monoisotopic (exact) mass is 176 g/mol. The van der Waals surface area contributed by atoms with E-state index >= 15 is 0 Å². The first kappa shape index (κ1) is 8.73. The second kappa shape index (κ2) is 3.48. The van der Waals surface area contributed by atoms with E-state index in [-0.39, 0.29) is 6.04 Å². The molecule has 1 heterocycles. The van der Waals surface area contributed by atoms with Gasteiger partial charge in [-0.1, -0.05) is 29.8 Å². The molecule has 70 valence electrons. The zero-order valence-corrected chi connectivity index (χ0v) is 7.96. The van der Waals surface area contributed by atoms with Gasteiger partial charge in [0.2, 0.25) is 0 Å². The molecule has 0 aliphatic carbocycles. The molecule has 0 radical (unpaired) electrons. The normalized spacial score (nSPS) is 27.8. The van der Waals surface area contributed by atoms with Crippen molar-refractivity contribution in [3.63, 3.8) is 0 Å². The Kier molecular flexibility index (Phi) is 2.34. The van der Waals surface area contributed by atoms with Gasteiger partial charge < -0.3 is 11.1 Å². The van der Waals surface area contributed by atoms with E-state index < -0.39 is 0 Å². The molecule has 0 saturated carbocycles. The average Bonchev–Trinajstić information content (AvgIpc) is 2.51. The van der Waals surface area contributed by atoms with Crippen LogP contribution in [-0.2, 0) is 0 Å². The molecule has 0 unspecified atom stereocenters. The molecular weight excluding hydrogens is 160 g/mol. The summed E-state index contributed by atoms with van der Waals surface area (Å²) >= 11 is 0. The fourth-order valence-corrected chi connectivity index (χ4v) is 1.96. The Labute approximate surface area is 79.1 Å². The van der Waals surface area contributed by atoms with Crippen LogP contribution in [0.5, 0.6) is 0 Å². The van der Waals surface area contributed by atoms with Crippen LogP contribution in [0, 0.1) is 6.92 Å². The Balaban J connectivity index is 2.24. The van der Waals surface area contributed by atoms with Crippen LogP contribution in [0.15, 0.2) is 24.3 Å².